The van der Waals surface area contributed by atoms with E-state index >= 15 is 0 Å². The van der Waals surface area contributed by atoms with Gasteiger partial charge in [0.05, 0.1) is 0 Å². The summed E-state index contributed by atoms with van der Waals surface area (Å²) in [4.78, 5) is 0. The summed E-state index contributed by atoms with van der Waals surface area (Å²) < 4.78 is 0. The van der Waals surface area contributed by atoms with Crippen molar-refractivity contribution in [1.82, 2.24) is 0 Å². The quantitative estimate of drug-likeness (QED) is 0.647. The van der Waals surface area contributed by atoms with Gasteiger partial charge in [0.2, 0.25) is 0 Å². The van der Waals surface area contributed by atoms with Crippen LogP contribution < -0.4 is 0 Å². The Morgan fingerprint density at radius 3 is 2.31 bits per heavy atom. The van der Waals surface area contributed by atoms with Crippen molar-refractivity contribution < 1.29 is 0 Å². The predicted octanol–water partition coefficient (Wildman–Crippen LogP) is 3.79. The molecule has 1 aliphatic heterocycles. The van der Waals surface area contributed by atoms with E-state index in [1.54, 1.807) is 5.57 Å². The van der Waals surface area contributed by atoms with Crippen LogP contribution in [0.2, 0.25) is 22.0 Å². The van der Waals surface area contributed by atoms with Crippen LogP contribution >= 0.6 is 0 Å². The summed E-state index contributed by atoms with van der Waals surface area (Å²) >= 11 is -1.35. The Hall–Kier alpha value is -0.497. The number of rotatable bonds is 1. The number of benzene rings is 1. The molecule has 0 amide bonds. The van der Waals surface area contributed by atoms with Crippen LogP contribution in [-0.4, -0.2) is 13.3 Å². The zero-order valence-corrected chi connectivity index (χ0v) is 10.5. The molecule has 0 N–H and O–H groups in total. The molecular formula is C12H16Ge. The van der Waals surface area contributed by atoms with Crippen molar-refractivity contribution in [3.05, 3.63) is 42.0 Å². The zero-order valence-electron chi connectivity index (χ0n) is 8.38. The summed E-state index contributed by atoms with van der Waals surface area (Å²) in [6.45, 7) is 0. The SMILES string of the molecule is [CH3][Ge]1([CH3])[CH2]C=C(c2ccccc2)[CH2]1. The average molecular weight is 233 g/mol. The second kappa shape index (κ2) is 3.34. The molecule has 1 aromatic rings. The van der Waals surface area contributed by atoms with Crippen molar-refractivity contribution in [2.45, 2.75) is 22.0 Å². The first-order valence-corrected chi connectivity index (χ1v) is 12.1. The molecule has 13 heavy (non-hydrogen) atoms. The Morgan fingerprint density at radius 2 is 1.77 bits per heavy atom. The van der Waals surface area contributed by atoms with Gasteiger partial charge in [0, 0.05) is 0 Å². The summed E-state index contributed by atoms with van der Waals surface area (Å²) in [5.41, 5.74) is 3.05. The van der Waals surface area contributed by atoms with E-state index in [-0.39, 0.29) is 0 Å². The molecule has 0 saturated carbocycles. The molecule has 2 rings (SSSR count). The van der Waals surface area contributed by atoms with Gasteiger partial charge in [-0.2, -0.15) is 0 Å². The molecule has 1 heterocycles. The maximum atomic E-state index is 2.52. The van der Waals surface area contributed by atoms with Crippen molar-refractivity contribution in [2.75, 3.05) is 0 Å². The monoisotopic (exact) mass is 234 g/mol. The van der Waals surface area contributed by atoms with E-state index in [0.29, 0.717) is 0 Å². The Morgan fingerprint density at radius 1 is 1.08 bits per heavy atom. The van der Waals surface area contributed by atoms with E-state index in [9.17, 15) is 0 Å². The van der Waals surface area contributed by atoms with E-state index in [1.165, 1.54) is 16.1 Å². The van der Waals surface area contributed by atoms with Gasteiger partial charge < -0.3 is 0 Å². The van der Waals surface area contributed by atoms with Crippen LogP contribution in [-0.2, 0) is 0 Å². The standard InChI is InChI=1S/C12H16Ge/c1-13(2)9-8-12(10-13)11-6-4-3-5-7-11/h3-8H,9-10H2,1-2H3. The topological polar surface area (TPSA) is 0 Å². The van der Waals surface area contributed by atoms with Gasteiger partial charge in [-0.3, -0.25) is 0 Å². The van der Waals surface area contributed by atoms with Gasteiger partial charge in [0.1, 0.15) is 0 Å². The Balaban J connectivity index is 2.22. The van der Waals surface area contributed by atoms with E-state index in [4.69, 9.17) is 0 Å². The molecule has 0 nitrogen and oxygen atoms in total. The van der Waals surface area contributed by atoms with Gasteiger partial charge in [0.25, 0.3) is 0 Å². The third-order valence-corrected chi connectivity index (χ3v) is 8.27. The molecule has 1 heteroatoms. The Bertz CT molecular complexity index is 322. The second-order valence-corrected chi connectivity index (χ2v) is 15.3. The molecule has 0 spiro atoms. The number of hydrogen-bond donors (Lipinski definition) is 0. The molecule has 0 bridgehead atoms. The van der Waals surface area contributed by atoms with Crippen molar-refractivity contribution in [1.29, 1.82) is 0 Å². The third kappa shape index (κ3) is 2.05. The first-order valence-electron chi connectivity index (χ1n) is 4.92. The number of hydrogen-bond acceptors (Lipinski definition) is 0. The first-order chi connectivity index (χ1) is 6.17. The van der Waals surface area contributed by atoms with Gasteiger partial charge in [-0.25, -0.2) is 0 Å². The molecule has 0 radical (unpaired) electrons. The van der Waals surface area contributed by atoms with Gasteiger partial charge in [0.15, 0.2) is 0 Å². The molecule has 1 aromatic carbocycles. The van der Waals surface area contributed by atoms with Crippen LogP contribution in [0.4, 0.5) is 0 Å². The molecule has 0 unspecified atom stereocenters. The van der Waals surface area contributed by atoms with Crippen LogP contribution in [0.15, 0.2) is 36.4 Å². The van der Waals surface area contributed by atoms with E-state index in [0.717, 1.165) is 0 Å². The fourth-order valence-corrected chi connectivity index (χ4v) is 6.81. The molecular weight excluding hydrogens is 217 g/mol. The van der Waals surface area contributed by atoms with Crippen LogP contribution in [0, 0.1) is 0 Å². The Labute approximate surface area is 83.0 Å². The second-order valence-electron chi connectivity index (χ2n) is 4.64. The predicted molar refractivity (Wildman–Crippen MR) is 61.5 cm³/mol. The summed E-state index contributed by atoms with van der Waals surface area (Å²) in [6, 6.07) is 10.8. The molecule has 0 aromatic heterocycles. The first kappa shape index (κ1) is 9.07. The third-order valence-electron chi connectivity index (χ3n) is 2.71. The van der Waals surface area contributed by atoms with Crippen molar-refractivity contribution in [3.63, 3.8) is 0 Å². The molecule has 0 aliphatic carbocycles. The maximum absolute atomic E-state index is 2.52. The van der Waals surface area contributed by atoms with Crippen molar-refractivity contribution in [2.24, 2.45) is 0 Å². The molecule has 1 aliphatic rings. The van der Waals surface area contributed by atoms with Gasteiger partial charge >= 0.3 is 82.8 Å². The normalized spacial score (nSPS) is 20.0. The molecule has 68 valence electrons. The fourth-order valence-electron chi connectivity index (χ4n) is 1.93. The van der Waals surface area contributed by atoms with Crippen molar-refractivity contribution in [3.8, 4) is 0 Å². The van der Waals surface area contributed by atoms with Crippen molar-refractivity contribution >= 4 is 18.8 Å². The number of allylic oxidation sites excluding steroid dienone is 2. The fraction of sp³-hybridized carbons (Fsp3) is 0.333. The van der Waals surface area contributed by atoms with E-state index < -0.39 is 13.3 Å². The van der Waals surface area contributed by atoms with Crippen LogP contribution in [0.3, 0.4) is 0 Å². The minimum atomic E-state index is -1.35. The summed E-state index contributed by atoms with van der Waals surface area (Å²) in [5, 5.41) is 2.81. The minimum absolute atomic E-state index is 1.35. The van der Waals surface area contributed by atoms with Crippen LogP contribution in [0.5, 0.6) is 0 Å². The molecule has 0 fully saturated rings. The Kier molecular flexibility index (Phi) is 2.33. The van der Waals surface area contributed by atoms with E-state index in [1.807, 2.05) is 0 Å². The van der Waals surface area contributed by atoms with Gasteiger partial charge in [-0.05, 0) is 0 Å². The van der Waals surface area contributed by atoms with Crippen LogP contribution in [0.25, 0.3) is 5.57 Å². The zero-order chi connectivity index (χ0) is 9.31. The average Bonchev–Trinajstić information content (AvgIpc) is 2.48. The van der Waals surface area contributed by atoms with Gasteiger partial charge in [-0.15, -0.1) is 0 Å². The summed E-state index contributed by atoms with van der Waals surface area (Å²) in [5.74, 6) is 5.04. The summed E-state index contributed by atoms with van der Waals surface area (Å²) in [6.07, 6.45) is 2.47. The summed E-state index contributed by atoms with van der Waals surface area (Å²) in [7, 11) is 0. The van der Waals surface area contributed by atoms with Crippen LogP contribution in [0.1, 0.15) is 5.56 Å². The molecule has 0 saturated heterocycles. The van der Waals surface area contributed by atoms with E-state index in [2.05, 4.69) is 47.9 Å². The van der Waals surface area contributed by atoms with Gasteiger partial charge in [-0.1, -0.05) is 0 Å². The molecule has 0 atom stereocenters.